The zero-order valence-corrected chi connectivity index (χ0v) is 11.0. The minimum atomic E-state index is -0.398. The van der Waals surface area contributed by atoms with Crippen LogP contribution in [0.5, 0.6) is 0 Å². The van der Waals surface area contributed by atoms with Gasteiger partial charge in [0.2, 0.25) is 0 Å². The van der Waals surface area contributed by atoms with E-state index in [9.17, 15) is 4.79 Å². The van der Waals surface area contributed by atoms with Crippen LogP contribution in [0.15, 0.2) is 12.2 Å². The van der Waals surface area contributed by atoms with E-state index in [1.165, 1.54) is 6.42 Å². The molecule has 98 valence electrons. The summed E-state index contributed by atoms with van der Waals surface area (Å²) in [7, 11) is 0. The lowest BCUT2D eigenvalue weighted by molar-refractivity contribution is -0.0542. The van der Waals surface area contributed by atoms with Gasteiger partial charge in [0.25, 0.3) is 0 Å². The molecular weight excluding hydrogens is 228 g/mol. The minimum absolute atomic E-state index is 0.142. The highest BCUT2D eigenvalue weighted by Gasteiger charge is 2.67. The maximum Gasteiger partial charge on any atom is 0.412 e. The van der Waals surface area contributed by atoms with Gasteiger partial charge in [0.15, 0.2) is 5.60 Å². The van der Waals surface area contributed by atoms with Crippen molar-refractivity contribution in [3.8, 4) is 0 Å². The molecule has 3 fully saturated rings. The van der Waals surface area contributed by atoms with Crippen molar-refractivity contribution in [2.24, 2.45) is 17.8 Å². The molecule has 4 nitrogen and oxygen atoms in total. The molecule has 0 spiro atoms. The number of carbonyl (C=O) groups excluding carboxylic acids is 1. The SMILES string of the molecule is CC1(C2CC3C=CC2C3)OC(=O)N2CCNC21C. The summed E-state index contributed by atoms with van der Waals surface area (Å²) in [4.78, 5) is 14.0. The number of carbonyl (C=O) groups is 1. The van der Waals surface area contributed by atoms with E-state index in [1.807, 2.05) is 4.90 Å². The third-order valence-corrected chi connectivity index (χ3v) is 5.82. The van der Waals surface area contributed by atoms with Gasteiger partial charge in [-0.1, -0.05) is 12.2 Å². The third kappa shape index (κ3) is 1.04. The van der Waals surface area contributed by atoms with Crippen LogP contribution in [0.3, 0.4) is 0 Å². The molecule has 1 N–H and O–H groups in total. The quantitative estimate of drug-likeness (QED) is 0.719. The molecule has 2 bridgehead atoms. The molecule has 5 atom stereocenters. The summed E-state index contributed by atoms with van der Waals surface area (Å²) in [6, 6.07) is 0. The van der Waals surface area contributed by atoms with Crippen LogP contribution in [0.1, 0.15) is 26.7 Å². The van der Waals surface area contributed by atoms with E-state index in [1.54, 1.807) is 0 Å². The number of nitrogens with one attached hydrogen (secondary N) is 1. The Hall–Kier alpha value is -1.03. The molecule has 2 aliphatic heterocycles. The molecule has 18 heavy (non-hydrogen) atoms. The number of amides is 1. The van der Waals surface area contributed by atoms with Crippen molar-refractivity contribution in [2.45, 2.75) is 38.0 Å². The Kier molecular flexibility index (Phi) is 1.87. The van der Waals surface area contributed by atoms with Crippen LogP contribution in [0.25, 0.3) is 0 Å². The minimum Gasteiger partial charge on any atom is -0.439 e. The zero-order valence-electron chi connectivity index (χ0n) is 11.0. The Balaban J connectivity index is 1.74. The summed E-state index contributed by atoms with van der Waals surface area (Å²) in [5.41, 5.74) is -0.724. The zero-order chi connectivity index (χ0) is 12.5. The first-order valence-electron chi connectivity index (χ1n) is 6.98. The van der Waals surface area contributed by atoms with Crippen molar-refractivity contribution in [1.29, 1.82) is 0 Å². The first kappa shape index (κ1) is 10.9. The smallest absolute Gasteiger partial charge is 0.412 e. The van der Waals surface area contributed by atoms with Gasteiger partial charge in [-0.15, -0.1) is 0 Å². The van der Waals surface area contributed by atoms with E-state index >= 15 is 0 Å². The van der Waals surface area contributed by atoms with Gasteiger partial charge in [-0.25, -0.2) is 4.79 Å². The molecule has 0 aromatic heterocycles. The van der Waals surface area contributed by atoms with Crippen LogP contribution in [-0.4, -0.2) is 35.3 Å². The fourth-order valence-electron chi connectivity index (χ4n) is 4.63. The number of cyclic esters (lactones) is 1. The Morgan fingerprint density at radius 3 is 2.89 bits per heavy atom. The highest BCUT2D eigenvalue weighted by molar-refractivity contribution is 5.73. The fourth-order valence-corrected chi connectivity index (χ4v) is 4.63. The largest absolute Gasteiger partial charge is 0.439 e. The summed E-state index contributed by atoms with van der Waals surface area (Å²) in [6.45, 7) is 5.89. The van der Waals surface area contributed by atoms with Crippen molar-refractivity contribution >= 4 is 6.09 Å². The average molecular weight is 248 g/mol. The summed E-state index contributed by atoms with van der Waals surface area (Å²) >= 11 is 0. The molecule has 2 saturated heterocycles. The molecule has 4 heteroatoms. The van der Waals surface area contributed by atoms with E-state index in [0.717, 1.165) is 19.5 Å². The number of rotatable bonds is 1. The normalized spacial score (nSPS) is 53.1. The monoisotopic (exact) mass is 248 g/mol. The van der Waals surface area contributed by atoms with Gasteiger partial charge in [-0.2, -0.15) is 0 Å². The van der Waals surface area contributed by atoms with Crippen LogP contribution < -0.4 is 5.32 Å². The maximum absolute atomic E-state index is 12.1. The predicted octanol–water partition coefficient (Wildman–Crippen LogP) is 1.73. The number of fused-ring (bicyclic) bond motifs is 3. The van der Waals surface area contributed by atoms with Gasteiger partial charge in [-0.05, 0) is 38.5 Å². The van der Waals surface area contributed by atoms with Crippen molar-refractivity contribution in [2.75, 3.05) is 13.1 Å². The van der Waals surface area contributed by atoms with Crippen molar-refractivity contribution in [3.05, 3.63) is 12.2 Å². The molecule has 0 aromatic rings. The molecule has 2 heterocycles. The first-order chi connectivity index (χ1) is 8.54. The third-order valence-electron chi connectivity index (χ3n) is 5.82. The van der Waals surface area contributed by atoms with Crippen LogP contribution >= 0.6 is 0 Å². The molecule has 4 aliphatic rings. The van der Waals surface area contributed by atoms with E-state index in [2.05, 4.69) is 31.3 Å². The van der Waals surface area contributed by atoms with Crippen LogP contribution in [-0.2, 0) is 4.74 Å². The molecule has 1 amide bonds. The van der Waals surface area contributed by atoms with Gasteiger partial charge in [-0.3, -0.25) is 10.2 Å². The molecular formula is C14H20N2O2. The molecule has 5 unspecified atom stereocenters. The Morgan fingerprint density at radius 1 is 1.39 bits per heavy atom. The number of nitrogens with zero attached hydrogens (tertiary/aromatic N) is 1. The van der Waals surface area contributed by atoms with Crippen LogP contribution in [0.4, 0.5) is 4.79 Å². The number of allylic oxidation sites excluding steroid dienone is 2. The summed E-state index contributed by atoms with van der Waals surface area (Å²) in [5.74, 6) is 1.75. The molecule has 0 aromatic carbocycles. The Labute approximate surface area is 107 Å². The molecule has 0 radical (unpaired) electrons. The van der Waals surface area contributed by atoms with Crippen LogP contribution in [0.2, 0.25) is 0 Å². The summed E-state index contributed by atoms with van der Waals surface area (Å²) in [6.07, 6.45) is 6.93. The highest BCUT2D eigenvalue weighted by atomic mass is 16.6. The summed E-state index contributed by atoms with van der Waals surface area (Å²) < 4.78 is 5.85. The van der Waals surface area contributed by atoms with Gasteiger partial charge >= 0.3 is 6.09 Å². The number of hydrogen-bond acceptors (Lipinski definition) is 3. The van der Waals surface area contributed by atoms with E-state index in [4.69, 9.17) is 4.74 Å². The Bertz CT molecular complexity index is 449. The highest BCUT2D eigenvalue weighted by Crippen LogP contribution is 2.55. The van der Waals surface area contributed by atoms with E-state index < -0.39 is 5.60 Å². The van der Waals surface area contributed by atoms with Crippen molar-refractivity contribution in [3.63, 3.8) is 0 Å². The predicted molar refractivity (Wildman–Crippen MR) is 66.8 cm³/mol. The van der Waals surface area contributed by atoms with Crippen LogP contribution in [0, 0.1) is 17.8 Å². The standard InChI is InChI=1S/C14H20N2O2/c1-13(11-8-9-3-4-10(11)7-9)14(2)15-5-6-16(14)12(17)18-13/h3-4,9-11,15H,5-8H2,1-2H3. The molecule has 2 aliphatic carbocycles. The fraction of sp³-hybridized carbons (Fsp3) is 0.786. The topological polar surface area (TPSA) is 41.6 Å². The summed E-state index contributed by atoms with van der Waals surface area (Å²) in [5, 5.41) is 3.51. The second-order valence-electron chi connectivity index (χ2n) is 6.51. The molecule has 4 rings (SSSR count). The lowest BCUT2D eigenvalue weighted by atomic mass is 9.73. The van der Waals surface area contributed by atoms with E-state index in [-0.39, 0.29) is 11.8 Å². The van der Waals surface area contributed by atoms with Gasteiger partial charge in [0, 0.05) is 19.0 Å². The number of hydrogen-bond donors (Lipinski definition) is 1. The van der Waals surface area contributed by atoms with Gasteiger partial charge in [0.05, 0.1) is 0 Å². The average Bonchev–Trinajstić information content (AvgIpc) is 3.04. The van der Waals surface area contributed by atoms with Gasteiger partial charge in [0.1, 0.15) is 5.66 Å². The second-order valence-corrected chi connectivity index (χ2v) is 6.51. The second kappa shape index (κ2) is 3.10. The lowest BCUT2D eigenvalue weighted by Gasteiger charge is -2.44. The molecule has 1 saturated carbocycles. The lowest BCUT2D eigenvalue weighted by Crippen LogP contribution is -2.62. The maximum atomic E-state index is 12.1. The first-order valence-corrected chi connectivity index (χ1v) is 6.98. The van der Waals surface area contributed by atoms with Crippen molar-refractivity contribution in [1.82, 2.24) is 10.2 Å². The van der Waals surface area contributed by atoms with Gasteiger partial charge < -0.3 is 4.74 Å². The Morgan fingerprint density at radius 2 is 2.22 bits per heavy atom. The van der Waals surface area contributed by atoms with Crippen molar-refractivity contribution < 1.29 is 9.53 Å². The number of ether oxygens (including phenoxy) is 1. The van der Waals surface area contributed by atoms with E-state index in [0.29, 0.717) is 17.8 Å².